The molecule has 8 heteroatoms. The lowest BCUT2D eigenvalue weighted by Gasteiger charge is -2.11. The second-order valence-corrected chi connectivity index (χ2v) is 9.14. The molecule has 0 aliphatic carbocycles. The summed E-state index contributed by atoms with van der Waals surface area (Å²) < 4.78 is 27.5. The zero-order valence-corrected chi connectivity index (χ0v) is 15.1. The minimum absolute atomic E-state index is 0.0418. The molecule has 1 atom stereocenters. The highest BCUT2D eigenvalue weighted by molar-refractivity contribution is 7.99. The van der Waals surface area contributed by atoms with Crippen LogP contribution in [0.4, 0.5) is 0 Å². The number of benzene rings is 1. The third-order valence-electron chi connectivity index (χ3n) is 3.56. The standard InChI is InChI=1S/C16H21NO5S2/c1-12-2-4-14(5-3-12)23-8-6-16(19)22-10-15(18)17-13-7-9-24(20,21)11-13/h2-5,13H,6-11H2,1H3,(H,17,18)/t13-/m0/s1. The summed E-state index contributed by atoms with van der Waals surface area (Å²) >= 11 is 1.55. The molecule has 1 aliphatic rings. The highest BCUT2D eigenvalue weighted by atomic mass is 32.2. The number of thioether (sulfide) groups is 1. The molecule has 1 aromatic carbocycles. The van der Waals surface area contributed by atoms with Gasteiger partial charge in [0.05, 0.1) is 17.9 Å². The van der Waals surface area contributed by atoms with Gasteiger partial charge in [-0.15, -0.1) is 11.8 Å². The molecule has 0 radical (unpaired) electrons. The molecule has 6 nitrogen and oxygen atoms in total. The van der Waals surface area contributed by atoms with Crippen LogP contribution in [0.15, 0.2) is 29.2 Å². The number of carbonyl (C=O) groups is 2. The van der Waals surface area contributed by atoms with E-state index in [1.54, 1.807) is 11.8 Å². The van der Waals surface area contributed by atoms with Gasteiger partial charge in [-0.3, -0.25) is 9.59 Å². The predicted octanol–water partition coefficient (Wildman–Crippen LogP) is 1.32. The van der Waals surface area contributed by atoms with E-state index in [1.807, 2.05) is 31.2 Å². The van der Waals surface area contributed by atoms with E-state index in [0.717, 1.165) is 4.90 Å². The van der Waals surface area contributed by atoms with E-state index in [-0.39, 0.29) is 30.6 Å². The van der Waals surface area contributed by atoms with Crippen LogP contribution in [0, 0.1) is 6.92 Å². The molecule has 1 amide bonds. The van der Waals surface area contributed by atoms with Crippen LogP contribution in [0.5, 0.6) is 0 Å². The van der Waals surface area contributed by atoms with E-state index in [2.05, 4.69) is 5.32 Å². The molecule has 1 N–H and O–H groups in total. The Hall–Kier alpha value is -1.54. The first-order valence-corrected chi connectivity index (χ1v) is 10.5. The van der Waals surface area contributed by atoms with Crippen LogP contribution in [0.1, 0.15) is 18.4 Å². The van der Waals surface area contributed by atoms with E-state index < -0.39 is 21.7 Å². The second kappa shape index (κ2) is 8.53. The summed E-state index contributed by atoms with van der Waals surface area (Å²) in [6.07, 6.45) is 0.624. The van der Waals surface area contributed by atoms with Crippen molar-refractivity contribution in [3.05, 3.63) is 29.8 Å². The molecule has 1 fully saturated rings. The Balaban J connectivity index is 1.60. The van der Waals surface area contributed by atoms with Crippen molar-refractivity contribution in [2.75, 3.05) is 23.9 Å². The number of nitrogens with one attached hydrogen (secondary N) is 1. The van der Waals surface area contributed by atoms with E-state index in [9.17, 15) is 18.0 Å². The number of sulfone groups is 1. The first kappa shape index (κ1) is 18.8. The smallest absolute Gasteiger partial charge is 0.307 e. The first-order chi connectivity index (χ1) is 11.3. The van der Waals surface area contributed by atoms with E-state index in [0.29, 0.717) is 12.2 Å². The molecule has 0 saturated carbocycles. The van der Waals surface area contributed by atoms with Crippen molar-refractivity contribution >= 4 is 33.5 Å². The molecule has 2 rings (SSSR count). The van der Waals surface area contributed by atoms with Gasteiger partial charge in [-0.1, -0.05) is 17.7 Å². The summed E-state index contributed by atoms with van der Waals surface area (Å²) in [6.45, 7) is 1.64. The molecule has 1 saturated heterocycles. The van der Waals surface area contributed by atoms with Gasteiger partial charge < -0.3 is 10.1 Å². The number of esters is 1. The van der Waals surface area contributed by atoms with Crippen molar-refractivity contribution in [1.82, 2.24) is 5.32 Å². The normalized spacial score (nSPS) is 19.0. The number of ether oxygens (including phenoxy) is 1. The zero-order valence-electron chi connectivity index (χ0n) is 13.5. The number of aryl methyl sites for hydroxylation is 1. The molecular formula is C16H21NO5S2. The van der Waals surface area contributed by atoms with Gasteiger partial charge in [-0.2, -0.15) is 0 Å². The molecule has 1 heterocycles. The third kappa shape index (κ3) is 6.52. The van der Waals surface area contributed by atoms with Crippen molar-refractivity contribution in [3.63, 3.8) is 0 Å². The largest absolute Gasteiger partial charge is 0.456 e. The Morgan fingerprint density at radius 3 is 2.62 bits per heavy atom. The van der Waals surface area contributed by atoms with Gasteiger partial charge in [-0.05, 0) is 25.5 Å². The third-order valence-corrected chi connectivity index (χ3v) is 6.34. The highest BCUT2D eigenvalue weighted by Crippen LogP contribution is 2.19. The first-order valence-electron chi connectivity index (χ1n) is 7.69. The summed E-state index contributed by atoms with van der Waals surface area (Å²) in [5.74, 6) is -0.279. The lowest BCUT2D eigenvalue weighted by atomic mass is 10.2. The predicted molar refractivity (Wildman–Crippen MR) is 92.7 cm³/mol. The fourth-order valence-electron chi connectivity index (χ4n) is 2.28. The zero-order chi connectivity index (χ0) is 17.6. The van der Waals surface area contributed by atoms with Crippen molar-refractivity contribution in [2.24, 2.45) is 0 Å². The maximum Gasteiger partial charge on any atom is 0.307 e. The lowest BCUT2D eigenvalue weighted by Crippen LogP contribution is -2.38. The second-order valence-electron chi connectivity index (χ2n) is 5.74. The quantitative estimate of drug-likeness (QED) is 0.574. The van der Waals surface area contributed by atoms with Crippen LogP contribution < -0.4 is 5.32 Å². The number of carbonyl (C=O) groups excluding carboxylic acids is 2. The molecule has 1 aromatic rings. The minimum Gasteiger partial charge on any atom is -0.456 e. The van der Waals surface area contributed by atoms with Crippen LogP contribution >= 0.6 is 11.8 Å². The van der Waals surface area contributed by atoms with Gasteiger partial charge in [0, 0.05) is 16.7 Å². The van der Waals surface area contributed by atoms with E-state index in [4.69, 9.17) is 4.74 Å². The molecule has 1 aliphatic heterocycles. The average Bonchev–Trinajstić information content (AvgIpc) is 2.86. The van der Waals surface area contributed by atoms with Gasteiger partial charge in [0.25, 0.3) is 5.91 Å². The van der Waals surface area contributed by atoms with Crippen molar-refractivity contribution in [2.45, 2.75) is 30.7 Å². The molecule has 0 aromatic heterocycles. The highest BCUT2D eigenvalue weighted by Gasteiger charge is 2.28. The van der Waals surface area contributed by atoms with E-state index >= 15 is 0 Å². The fraction of sp³-hybridized carbons (Fsp3) is 0.500. The summed E-state index contributed by atoms with van der Waals surface area (Å²) in [5.41, 5.74) is 1.18. The summed E-state index contributed by atoms with van der Waals surface area (Å²) in [4.78, 5) is 24.4. The topological polar surface area (TPSA) is 89.5 Å². The monoisotopic (exact) mass is 371 g/mol. The molecule has 0 bridgehead atoms. The van der Waals surface area contributed by atoms with Gasteiger partial charge >= 0.3 is 5.97 Å². The van der Waals surface area contributed by atoms with Gasteiger partial charge in [0.15, 0.2) is 16.4 Å². The number of rotatable bonds is 7. The number of hydrogen-bond donors (Lipinski definition) is 1. The van der Waals surface area contributed by atoms with Crippen LogP contribution in [0.3, 0.4) is 0 Å². The van der Waals surface area contributed by atoms with Crippen molar-refractivity contribution in [1.29, 1.82) is 0 Å². The van der Waals surface area contributed by atoms with Crippen LogP contribution in [0.25, 0.3) is 0 Å². The van der Waals surface area contributed by atoms with Crippen molar-refractivity contribution in [3.8, 4) is 0 Å². The molecule has 0 spiro atoms. The maximum atomic E-state index is 11.7. The minimum atomic E-state index is -3.04. The fourth-order valence-corrected chi connectivity index (χ4v) is 4.79. The van der Waals surface area contributed by atoms with Crippen LogP contribution in [0.2, 0.25) is 0 Å². The Bertz CT molecular complexity index is 685. The van der Waals surface area contributed by atoms with Gasteiger partial charge in [0.2, 0.25) is 0 Å². The maximum absolute atomic E-state index is 11.7. The summed E-state index contributed by atoms with van der Waals surface area (Å²) in [7, 11) is -3.04. The van der Waals surface area contributed by atoms with Gasteiger partial charge in [-0.25, -0.2) is 8.42 Å². The number of hydrogen-bond acceptors (Lipinski definition) is 6. The molecule has 0 unspecified atom stereocenters. The Kier molecular flexibility index (Phi) is 6.68. The van der Waals surface area contributed by atoms with Crippen molar-refractivity contribution < 1.29 is 22.7 Å². The Morgan fingerprint density at radius 1 is 1.29 bits per heavy atom. The Labute approximate surface area is 146 Å². The molecular weight excluding hydrogens is 350 g/mol. The SMILES string of the molecule is Cc1ccc(SCCC(=O)OCC(=O)N[C@H]2CCS(=O)(=O)C2)cc1. The lowest BCUT2D eigenvalue weighted by molar-refractivity contribution is -0.148. The van der Waals surface area contributed by atoms with Crippen LogP contribution in [-0.2, 0) is 24.2 Å². The summed E-state index contributed by atoms with van der Waals surface area (Å²) in [6, 6.07) is 7.63. The van der Waals surface area contributed by atoms with E-state index in [1.165, 1.54) is 5.56 Å². The summed E-state index contributed by atoms with van der Waals surface area (Å²) in [5, 5.41) is 2.58. The molecule has 132 valence electrons. The van der Waals surface area contributed by atoms with Crippen LogP contribution in [-0.4, -0.2) is 50.2 Å². The van der Waals surface area contributed by atoms with Gasteiger partial charge in [0.1, 0.15) is 0 Å². The average molecular weight is 371 g/mol. The molecule has 24 heavy (non-hydrogen) atoms. The number of amides is 1. The Morgan fingerprint density at radius 2 is 2.00 bits per heavy atom.